The molecule has 0 bridgehead atoms. The van der Waals surface area contributed by atoms with Crippen LogP contribution in [0, 0.1) is 0 Å². The molecule has 0 aromatic carbocycles. The van der Waals surface area contributed by atoms with Crippen molar-refractivity contribution in [2.45, 2.75) is 12.5 Å². The van der Waals surface area contributed by atoms with E-state index in [9.17, 15) is 8.78 Å². The van der Waals surface area contributed by atoms with Gasteiger partial charge in [-0.15, -0.1) is 0 Å². The van der Waals surface area contributed by atoms with Crippen LogP contribution in [0.25, 0.3) is 0 Å². The van der Waals surface area contributed by atoms with E-state index < -0.39 is 6.43 Å². The highest BCUT2D eigenvalue weighted by Crippen LogP contribution is 2.11. The summed E-state index contributed by atoms with van der Waals surface area (Å²) in [5, 5.41) is 0. The normalized spacial score (nSPS) is 21.3. The first-order chi connectivity index (χ1) is 5.09. The molecule has 1 fully saturated rings. The lowest BCUT2D eigenvalue weighted by Gasteiger charge is -2.41. The van der Waals surface area contributed by atoms with Crippen molar-refractivity contribution in [1.82, 2.24) is 9.80 Å². The topological polar surface area (TPSA) is 6.48 Å². The van der Waals surface area contributed by atoms with Gasteiger partial charge in [-0.3, -0.25) is 4.90 Å². The van der Waals surface area contributed by atoms with E-state index in [1.54, 1.807) is 11.9 Å². The molecule has 66 valence electrons. The van der Waals surface area contributed by atoms with E-state index in [-0.39, 0.29) is 6.54 Å². The van der Waals surface area contributed by atoms with Crippen molar-refractivity contribution >= 4 is 0 Å². The molecular weight excluding hydrogens is 150 g/mol. The first kappa shape index (κ1) is 8.87. The molecule has 0 atom stereocenters. The van der Waals surface area contributed by atoms with Crippen LogP contribution in [0.1, 0.15) is 0 Å². The zero-order valence-electron chi connectivity index (χ0n) is 6.93. The van der Waals surface area contributed by atoms with Gasteiger partial charge in [-0.1, -0.05) is 0 Å². The number of likely N-dealkylation sites (N-methyl/N-ethyl adjacent to an activating group) is 2. The number of rotatable bonds is 3. The Hall–Kier alpha value is -0.220. The summed E-state index contributed by atoms with van der Waals surface area (Å²) in [6.45, 7) is 1.74. The Bertz CT molecular complexity index is 124. The maximum atomic E-state index is 11.8. The second kappa shape index (κ2) is 3.45. The Morgan fingerprint density at radius 1 is 1.55 bits per heavy atom. The number of nitrogens with zero attached hydrogens (tertiary/aromatic N) is 2. The molecule has 4 heteroatoms. The fourth-order valence-corrected chi connectivity index (χ4v) is 1.31. The van der Waals surface area contributed by atoms with Crippen molar-refractivity contribution in [3.8, 4) is 0 Å². The average molecular weight is 164 g/mol. The second-order valence-electron chi connectivity index (χ2n) is 3.21. The number of hydrogen-bond acceptors (Lipinski definition) is 2. The molecule has 0 unspecified atom stereocenters. The third kappa shape index (κ3) is 2.38. The first-order valence-electron chi connectivity index (χ1n) is 3.76. The molecule has 0 aliphatic carbocycles. The Morgan fingerprint density at radius 2 is 2.09 bits per heavy atom. The third-order valence-electron chi connectivity index (χ3n) is 2.09. The Kier molecular flexibility index (Phi) is 2.78. The van der Waals surface area contributed by atoms with Crippen molar-refractivity contribution in [2.24, 2.45) is 0 Å². The molecule has 2 nitrogen and oxygen atoms in total. The van der Waals surface area contributed by atoms with Crippen LogP contribution in [-0.4, -0.2) is 56.0 Å². The lowest BCUT2D eigenvalue weighted by molar-refractivity contribution is 0.0241. The molecule has 1 saturated heterocycles. The van der Waals surface area contributed by atoms with Gasteiger partial charge in [0.15, 0.2) is 0 Å². The van der Waals surface area contributed by atoms with E-state index in [4.69, 9.17) is 0 Å². The summed E-state index contributed by atoms with van der Waals surface area (Å²) in [6.07, 6.45) is -2.20. The van der Waals surface area contributed by atoms with Gasteiger partial charge >= 0.3 is 0 Å². The maximum Gasteiger partial charge on any atom is 0.251 e. The van der Waals surface area contributed by atoms with Crippen LogP contribution in [0.5, 0.6) is 0 Å². The summed E-state index contributed by atoms with van der Waals surface area (Å²) in [4.78, 5) is 3.84. The van der Waals surface area contributed by atoms with Gasteiger partial charge in [0.05, 0.1) is 6.54 Å². The van der Waals surface area contributed by atoms with Gasteiger partial charge in [-0.2, -0.15) is 0 Å². The Balaban J connectivity index is 2.16. The van der Waals surface area contributed by atoms with E-state index in [0.29, 0.717) is 6.04 Å². The summed E-state index contributed by atoms with van der Waals surface area (Å²) in [7, 11) is 3.75. The van der Waals surface area contributed by atoms with Crippen LogP contribution in [0.3, 0.4) is 0 Å². The van der Waals surface area contributed by atoms with E-state index in [0.717, 1.165) is 13.1 Å². The number of alkyl halides is 2. The Labute approximate surface area is 65.8 Å². The predicted octanol–water partition coefficient (Wildman–Crippen LogP) is 0.497. The van der Waals surface area contributed by atoms with Crippen LogP contribution in [0.4, 0.5) is 8.78 Å². The van der Waals surface area contributed by atoms with E-state index in [1.807, 2.05) is 7.05 Å². The van der Waals surface area contributed by atoms with Gasteiger partial charge in [0, 0.05) is 19.1 Å². The predicted molar refractivity (Wildman–Crippen MR) is 39.9 cm³/mol. The van der Waals surface area contributed by atoms with Crippen molar-refractivity contribution in [1.29, 1.82) is 0 Å². The largest absolute Gasteiger partial charge is 0.303 e. The lowest BCUT2D eigenvalue weighted by atomic mass is 10.1. The molecule has 1 aliphatic heterocycles. The van der Waals surface area contributed by atoms with E-state index >= 15 is 0 Å². The van der Waals surface area contributed by atoms with Gasteiger partial charge in [-0.25, -0.2) is 8.78 Å². The van der Waals surface area contributed by atoms with Crippen molar-refractivity contribution in [3.05, 3.63) is 0 Å². The standard InChI is InChI=1S/C7H14F2N2/c1-10-3-6(4-10)11(2)5-7(8)9/h6-7H,3-5H2,1-2H3. The maximum absolute atomic E-state index is 11.8. The molecule has 0 aromatic heterocycles. The number of likely N-dealkylation sites (tertiary alicyclic amines) is 1. The molecule has 1 heterocycles. The van der Waals surface area contributed by atoms with Crippen LogP contribution in [-0.2, 0) is 0 Å². The molecule has 1 rings (SSSR count). The van der Waals surface area contributed by atoms with Gasteiger partial charge in [0.25, 0.3) is 6.43 Å². The molecule has 0 saturated carbocycles. The monoisotopic (exact) mass is 164 g/mol. The van der Waals surface area contributed by atoms with E-state index in [1.165, 1.54) is 0 Å². The summed E-state index contributed by atoms with van der Waals surface area (Å²) < 4.78 is 23.7. The van der Waals surface area contributed by atoms with E-state index in [2.05, 4.69) is 4.90 Å². The third-order valence-corrected chi connectivity index (χ3v) is 2.09. The van der Waals surface area contributed by atoms with Gasteiger partial charge < -0.3 is 4.90 Å². The van der Waals surface area contributed by atoms with Gasteiger partial charge in [-0.05, 0) is 14.1 Å². The number of halogens is 2. The molecule has 1 aliphatic rings. The molecule has 0 N–H and O–H groups in total. The quantitative estimate of drug-likeness (QED) is 0.599. The average Bonchev–Trinajstić information content (AvgIpc) is 1.79. The van der Waals surface area contributed by atoms with Gasteiger partial charge in [0.1, 0.15) is 0 Å². The molecule has 0 radical (unpaired) electrons. The fourth-order valence-electron chi connectivity index (χ4n) is 1.31. The van der Waals surface area contributed by atoms with Crippen molar-refractivity contribution < 1.29 is 8.78 Å². The summed E-state index contributed by atoms with van der Waals surface area (Å²) in [5.41, 5.74) is 0. The minimum Gasteiger partial charge on any atom is -0.303 e. The zero-order chi connectivity index (χ0) is 8.43. The summed E-state index contributed by atoms with van der Waals surface area (Å²) >= 11 is 0. The molecule has 0 amide bonds. The highest BCUT2D eigenvalue weighted by atomic mass is 19.3. The minimum absolute atomic E-state index is 0.0987. The Morgan fingerprint density at radius 3 is 2.45 bits per heavy atom. The number of hydrogen-bond donors (Lipinski definition) is 0. The van der Waals surface area contributed by atoms with Crippen LogP contribution in [0.2, 0.25) is 0 Å². The molecular formula is C7H14F2N2. The van der Waals surface area contributed by atoms with Crippen molar-refractivity contribution in [3.63, 3.8) is 0 Å². The first-order valence-corrected chi connectivity index (χ1v) is 3.76. The molecule has 0 spiro atoms. The second-order valence-corrected chi connectivity index (χ2v) is 3.21. The highest BCUT2D eigenvalue weighted by Gasteiger charge is 2.27. The fraction of sp³-hybridized carbons (Fsp3) is 1.00. The lowest BCUT2D eigenvalue weighted by Crippen LogP contribution is -2.57. The SMILES string of the molecule is CN1CC(N(C)CC(F)F)C1. The zero-order valence-corrected chi connectivity index (χ0v) is 6.93. The molecule has 0 aromatic rings. The molecule has 11 heavy (non-hydrogen) atoms. The highest BCUT2D eigenvalue weighted by molar-refractivity contribution is 4.84. The minimum atomic E-state index is -2.20. The van der Waals surface area contributed by atoms with Gasteiger partial charge in [0.2, 0.25) is 0 Å². The van der Waals surface area contributed by atoms with Crippen LogP contribution in [0.15, 0.2) is 0 Å². The van der Waals surface area contributed by atoms with Crippen LogP contribution >= 0.6 is 0 Å². The summed E-state index contributed by atoms with van der Waals surface area (Å²) in [6, 6.07) is 0.342. The smallest absolute Gasteiger partial charge is 0.251 e. The van der Waals surface area contributed by atoms with Crippen LogP contribution < -0.4 is 0 Å². The summed E-state index contributed by atoms with van der Waals surface area (Å²) in [5.74, 6) is 0. The van der Waals surface area contributed by atoms with Crippen molar-refractivity contribution in [2.75, 3.05) is 33.7 Å².